The van der Waals surface area contributed by atoms with Crippen molar-refractivity contribution in [3.8, 4) is 0 Å². The molecule has 1 aliphatic rings. The molecule has 0 spiro atoms. The highest BCUT2D eigenvalue weighted by Gasteiger charge is 2.46. The largest absolute Gasteiger partial charge is 0.507 e. The molecule has 32 heavy (non-hydrogen) atoms. The van der Waals surface area contributed by atoms with Gasteiger partial charge in [0.15, 0.2) is 0 Å². The van der Waals surface area contributed by atoms with Crippen molar-refractivity contribution >= 4 is 51.6 Å². The first kappa shape index (κ1) is 22.4. The molecule has 1 aliphatic heterocycles. The number of hydrogen-bond donors (Lipinski definition) is 2. The molecule has 3 aromatic rings. The minimum atomic E-state index is -0.781. The van der Waals surface area contributed by atoms with E-state index in [1.54, 1.807) is 12.3 Å². The van der Waals surface area contributed by atoms with Crippen molar-refractivity contribution in [3.05, 3.63) is 75.4 Å². The van der Waals surface area contributed by atoms with Crippen molar-refractivity contribution in [2.24, 2.45) is 0 Å². The Labute approximate surface area is 195 Å². The minimum Gasteiger partial charge on any atom is -0.507 e. The Balaban J connectivity index is 1.87. The van der Waals surface area contributed by atoms with Crippen LogP contribution in [-0.2, 0) is 14.3 Å². The van der Waals surface area contributed by atoms with Crippen LogP contribution in [-0.4, -0.2) is 45.9 Å². The third-order valence-corrected chi connectivity index (χ3v) is 6.17. The van der Waals surface area contributed by atoms with Crippen molar-refractivity contribution in [2.45, 2.75) is 26.0 Å². The number of nitrogens with zero attached hydrogens (tertiary/aromatic N) is 1. The molecule has 1 amide bonds. The molecule has 8 heteroatoms. The van der Waals surface area contributed by atoms with Crippen LogP contribution in [0.25, 0.3) is 16.7 Å². The number of amides is 1. The SMILES string of the molecule is CC(C)OCCN1C(=O)C(=O)/C(=C(/O)c2ccc(Cl)c(Cl)c2)C1c1c[nH]c2ccccc12. The summed E-state index contributed by atoms with van der Waals surface area (Å²) in [5.74, 6) is -1.74. The van der Waals surface area contributed by atoms with Gasteiger partial charge in [-0.05, 0) is 38.1 Å². The molecule has 166 valence electrons. The van der Waals surface area contributed by atoms with Crippen LogP contribution in [0.4, 0.5) is 0 Å². The molecule has 2 heterocycles. The number of benzene rings is 2. The van der Waals surface area contributed by atoms with Gasteiger partial charge in [-0.3, -0.25) is 9.59 Å². The van der Waals surface area contributed by atoms with Crippen LogP contribution in [0, 0.1) is 0 Å². The monoisotopic (exact) mass is 472 g/mol. The number of aromatic amines is 1. The molecule has 6 nitrogen and oxygen atoms in total. The lowest BCUT2D eigenvalue weighted by molar-refractivity contribution is -0.140. The van der Waals surface area contributed by atoms with Crippen LogP contribution in [0.3, 0.4) is 0 Å². The van der Waals surface area contributed by atoms with Gasteiger partial charge in [0.05, 0.1) is 34.4 Å². The molecule has 0 aliphatic carbocycles. The number of likely N-dealkylation sites (tertiary alicyclic amines) is 1. The Bertz CT molecular complexity index is 1230. The van der Waals surface area contributed by atoms with Crippen molar-refractivity contribution < 1.29 is 19.4 Å². The van der Waals surface area contributed by atoms with Crippen LogP contribution in [0.15, 0.2) is 54.2 Å². The number of aliphatic hydroxyl groups is 1. The van der Waals surface area contributed by atoms with E-state index in [9.17, 15) is 14.7 Å². The number of fused-ring (bicyclic) bond motifs is 1. The third-order valence-electron chi connectivity index (χ3n) is 5.43. The summed E-state index contributed by atoms with van der Waals surface area (Å²) in [5.41, 5.74) is 1.88. The number of aliphatic hydroxyl groups excluding tert-OH is 1. The number of ketones is 1. The highest BCUT2D eigenvalue weighted by Crippen LogP contribution is 2.42. The average molecular weight is 473 g/mol. The predicted molar refractivity (Wildman–Crippen MR) is 125 cm³/mol. The fourth-order valence-electron chi connectivity index (χ4n) is 3.94. The number of Topliss-reactive ketones (excluding diaryl/α,β-unsaturated/α-hetero) is 1. The number of halogens is 2. The molecule has 0 saturated carbocycles. The summed E-state index contributed by atoms with van der Waals surface area (Å²) in [7, 11) is 0. The van der Waals surface area contributed by atoms with Gasteiger partial charge < -0.3 is 19.7 Å². The fourth-order valence-corrected chi connectivity index (χ4v) is 4.24. The van der Waals surface area contributed by atoms with Crippen LogP contribution in [0.2, 0.25) is 10.0 Å². The molecule has 1 unspecified atom stereocenters. The van der Waals surface area contributed by atoms with Gasteiger partial charge in [-0.2, -0.15) is 0 Å². The minimum absolute atomic E-state index is 0.00249. The lowest BCUT2D eigenvalue weighted by Gasteiger charge is -2.25. The summed E-state index contributed by atoms with van der Waals surface area (Å²) in [6.45, 7) is 4.26. The van der Waals surface area contributed by atoms with Gasteiger partial charge in [0.2, 0.25) is 0 Å². The maximum atomic E-state index is 13.1. The second-order valence-corrected chi connectivity index (χ2v) is 8.64. The molecular formula is C24H22Cl2N2O4. The summed E-state index contributed by atoms with van der Waals surface area (Å²) in [6.07, 6.45) is 1.74. The lowest BCUT2D eigenvalue weighted by atomic mass is 9.95. The number of hydrogen-bond acceptors (Lipinski definition) is 4. The zero-order valence-electron chi connectivity index (χ0n) is 17.6. The Morgan fingerprint density at radius 2 is 1.91 bits per heavy atom. The summed E-state index contributed by atoms with van der Waals surface area (Å²) < 4.78 is 5.63. The number of ether oxygens (including phenoxy) is 1. The van der Waals surface area contributed by atoms with E-state index in [0.717, 1.165) is 10.9 Å². The highest BCUT2D eigenvalue weighted by molar-refractivity contribution is 6.47. The molecule has 1 fully saturated rings. The Morgan fingerprint density at radius 3 is 2.62 bits per heavy atom. The summed E-state index contributed by atoms with van der Waals surface area (Å²) in [4.78, 5) is 30.7. The van der Waals surface area contributed by atoms with E-state index in [0.29, 0.717) is 16.1 Å². The van der Waals surface area contributed by atoms with Crippen molar-refractivity contribution in [2.75, 3.05) is 13.2 Å². The maximum absolute atomic E-state index is 13.1. The zero-order valence-corrected chi connectivity index (χ0v) is 19.1. The summed E-state index contributed by atoms with van der Waals surface area (Å²) >= 11 is 12.1. The molecule has 0 bridgehead atoms. The average Bonchev–Trinajstić information content (AvgIpc) is 3.29. The number of aromatic nitrogens is 1. The van der Waals surface area contributed by atoms with Gasteiger partial charge in [0, 0.05) is 34.8 Å². The van der Waals surface area contributed by atoms with Crippen LogP contribution >= 0.6 is 23.2 Å². The van der Waals surface area contributed by atoms with Crippen LogP contribution in [0.5, 0.6) is 0 Å². The van der Waals surface area contributed by atoms with Crippen LogP contribution < -0.4 is 0 Å². The molecular weight excluding hydrogens is 451 g/mol. The van der Waals surface area contributed by atoms with Gasteiger partial charge in [-0.25, -0.2) is 0 Å². The van der Waals surface area contributed by atoms with E-state index in [1.165, 1.54) is 17.0 Å². The second-order valence-electron chi connectivity index (χ2n) is 7.83. The predicted octanol–water partition coefficient (Wildman–Crippen LogP) is 5.32. The molecule has 1 aromatic heterocycles. The van der Waals surface area contributed by atoms with Gasteiger partial charge in [0.25, 0.3) is 11.7 Å². The smallest absolute Gasteiger partial charge is 0.295 e. The van der Waals surface area contributed by atoms with E-state index < -0.39 is 17.7 Å². The number of nitrogens with one attached hydrogen (secondary N) is 1. The molecule has 4 rings (SSSR count). The number of carbonyl (C=O) groups excluding carboxylic acids is 2. The molecule has 2 aromatic carbocycles. The number of para-hydroxylation sites is 1. The molecule has 1 atom stereocenters. The zero-order chi connectivity index (χ0) is 23.0. The summed E-state index contributed by atoms with van der Waals surface area (Å²) in [6, 6.07) is 11.4. The van der Waals surface area contributed by atoms with Crippen molar-refractivity contribution in [1.29, 1.82) is 0 Å². The topological polar surface area (TPSA) is 82.6 Å². The lowest BCUT2D eigenvalue weighted by Crippen LogP contribution is -2.33. The van der Waals surface area contributed by atoms with Gasteiger partial charge in [-0.15, -0.1) is 0 Å². The Kier molecular flexibility index (Phi) is 6.29. The molecule has 0 radical (unpaired) electrons. The summed E-state index contributed by atoms with van der Waals surface area (Å²) in [5, 5.41) is 12.5. The standard InChI is InChI=1S/C24H22Cl2N2O4/c1-13(2)32-10-9-28-21(16-12-27-19-6-4-3-5-15(16)19)20(23(30)24(28)31)22(29)14-7-8-17(25)18(26)11-14/h3-8,11-13,21,27,29H,9-10H2,1-2H3/b22-20+. The molecule has 2 N–H and O–H groups in total. The van der Waals surface area contributed by atoms with E-state index in [4.69, 9.17) is 27.9 Å². The van der Waals surface area contributed by atoms with E-state index >= 15 is 0 Å². The van der Waals surface area contributed by atoms with Gasteiger partial charge >= 0.3 is 0 Å². The second kappa shape index (κ2) is 8.98. The highest BCUT2D eigenvalue weighted by atomic mass is 35.5. The first-order valence-corrected chi connectivity index (χ1v) is 11.0. The third kappa shape index (κ3) is 4.01. The first-order valence-electron chi connectivity index (χ1n) is 10.2. The van der Waals surface area contributed by atoms with Gasteiger partial charge in [0.1, 0.15) is 5.76 Å². The van der Waals surface area contributed by atoms with E-state index in [1.807, 2.05) is 38.1 Å². The van der Waals surface area contributed by atoms with E-state index in [-0.39, 0.29) is 35.6 Å². The normalized spacial score (nSPS) is 18.3. The number of carbonyl (C=O) groups is 2. The number of rotatable bonds is 6. The Hall–Kier alpha value is -2.80. The van der Waals surface area contributed by atoms with Gasteiger partial charge in [-0.1, -0.05) is 41.4 Å². The fraction of sp³-hybridized carbons (Fsp3) is 0.250. The van der Waals surface area contributed by atoms with Crippen molar-refractivity contribution in [3.63, 3.8) is 0 Å². The quantitative estimate of drug-likeness (QED) is 0.288. The number of H-pyrrole nitrogens is 1. The molecule has 1 saturated heterocycles. The van der Waals surface area contributed by atoms with Crippen molar-refractivity contribution in [1.82, 2.24) is 9.88 Å². The first-order chi connectivity index (χ1) is 15.3. The Morgan fingerprint density at radius 1 is 1.16 bits per heavy atom. The van der Waals surface area contributed by atoms with Crippen LogP contribution in [0.1, 0.15) is 31.0 Å². The maximum Gasteiger partial charge on any atom is 0.295 e. The van der Waals surface area contributed by atoms with E-state index in [2.05, 4.69) is 4.98 Å².